The Bertz CT molecular complexity index is 2700. The van der Waals surface area contributed by atoms with E-state index in [0.29, 0.717) is 11.1 Å². The number of amides is 6. The molecule has 2 aliphatic heterocycles. The van der Waals surface area contributed by atoms with Crippen LogP contribution in [0.5, 0.6) is 0 Å². The fraction of sp³-hybridized carbons (Fsp3) is 0.367. The summed E-state index contributed by atoms with van der Waals surface area (Å²) in [6.45, 7) is 7.09. The lowest BCUT2D eigenvalue weighted by Crippen LogP contribution is -2.52. The number of rotatable bonds is 22. The molecule has 5 aromatic rings. The molecule has 2 aliphatic rings. The first kappa shape index (κ1) is 56.7. The summed E-state index contributed by atoms with van der Waals surface area (Å²) in [6.07, 6.45) is 0.0884. The standard InChI is InChI=1S/C60H71N9O8/c1-36(42-19-11-7-12-20-42)64-57(74)49-27-40(34-68(49)59(76)53(44-23-15-9-16-24-44)66-55(72)38(3)62-5)29-51(70)46-31-47(33-48(61)32-46)52(71)30-41-28-50(58(75)65-37(2)43-21-13-8-14-22-43)69(35-41)60(77)54(45-25-17-10-18-26-45)67-56(73)39(4)63-6/h7-26,31-33,36-41,49-50,53-54,62-63H,27-30,34-35,61H2,1-6H3,(H,64,74)(H,65,75)(H,66,72)(H,67,73)/t36-,37-,38+,39+,40-,41-,49+,50+,53+,54+/m1/s1. The van der Waals surface area contributed by atoms with Crippen LogP contribution in [0, 0.1) is 11.8 Å². The Morgan fingerprint density at radius 2 is 0.805 bits per heavy atom. The van der Waals surface area contributed by atoms with E-state index >= 15 is 0 Å². The van der Waals surface area contributed by atoms with Gasteiger partial charge in [-0.3, -0.25) is 38.4 Å². The molecule has 0 aliphatic carbocycles. The minimum Gasteiger partial charge on any atom is -0.399 e. The van der Waals surface area contributed by atoms with Gasteiger partial charge in [-0.2, -0.15) is 0 Å². The minimum atomic E-state index is -1.14. The highest BCUT2D eigenvalue weighted by molar-refractivity contribution is 6.03. The molecule has 17 nitrogen and oxygen atoms in total. The molecular formula is C60H71N9O8. The molecule has 2 heterocycles. The fourth-order valence-electron chi connectivity index (χ4n) is 10.1. The Balaban J connectivity index is 1.11. The van der Waals surface area contributed by atoms with Gasteiger partial charge in [0.15, 0.2) is 11.6 Å². The minimum absolute atomic E-state index is 0.0242. The van der Waals surface area contributed by atoms with Crippen molar-refractivity contribution >= 4 is 52.7 Å². The van der Waals surface area contributed by atoms with E-state index in [1.807, 2.05) is 74.5 Å². The van der Waals surface area contributed by atoms with Crippen molar-refractivity contribution in [1.82, 2.24) is 41.7 Å². The maximum atomic E-state index is 14.8. The van der Waals surface area contributed by atoms with Crippen LogP contribution in [0.25, 0.3) is 0 Å². The van der Waals surface area contributed by atoms with Crippen LogP contribution >= 0.6 is 0 Å². The van der Waals surface area contributed by atoms with Crippen molar-refractivity contribution in [2.24, 2.45) is 11.8 Å². The maximum absolute atomic E-state index is 14.8. The summed E-state index contributed by atoms with van der Waals surface area (Å²) >= 11 is 0. The van der Waals surface area contributed by atoms with Gasteiger partial charge < -0.3 is 47.4 Å². The molecule has 6 amide bonds. The Morgan fingerprint density at radius 3 is 1.13 bits per heavy atom. The summed E-state index contributed by atoms with van der Waals surface area (Å²) in [4.78, 5) is 116. The molecule has 0 saturated carbocycles. The van der Waals surface area contributed by atoms with E-state index in [-0.39, 0.29) is 67.2 Å². The number of benzene rings is 5. The van der Waals surface area contributed by atoms with Gasteiger partial charge >= 0.3 is 0 Å². The van der Waals surface area contributed by atoms with Gasteiger partial charge in [0.2, 0.25) is 35.4 Å². The number of likely N-dealkylation sites (N-methyl/N-ethyl adjacent to an activating group) is 2. The molecule has 0 bridgehead atoms. The van der Waals surface area contributed by atoms with E-state index < -0.39 is 95.6 Å². The number of hydrogen-bond donors (Lipinski definition) is 7. The van der Waals surface area contributed by atoms with Crippen molar-refractivity contribution in [2.75, 3.05) is 32.9 Å². The summed E-state index contributed by atoms with van der Waals surface area (Å²) in [5.74, 6) is -4.39. The average Bonchev–Trinajstić information content (AvgIpc) is 4.10. The van der Waals surface area contributed by atoms with E-state index in [2.05, 4.69) is 31.9 Å². The van der Waals surface area contributed by atoms with Crippen molar-refractivity contribution < 1.29 is 38.4 Å². The van der Waals surface area contributed by atoms with Crippen LogP contribution in [0.15, 0.2) is 140 Å². The smallest absolute Gasteiger partial charge is 0.250 e. The lowest BCUT2D eigenvalue weighted by molar-refractivity contribution is -0.142. The number of carbonyl (C=O) groups excluding carboxylic acids is 8. The number of carbonyl (C=O) groups is 8. The normalized spacial score (nSPS) is 19.4. The maximum Gasteiger partial charge on any atom is 0.250 e. The number of nitrogen functional groups attached to an aromatic ring is 1. The molecule has 0 unspecified atom stereocenters. The quantitative estimate of drug-likeness (QED) is 0.0336. The van der Waals surface area contributed by atoms with E-state index in [9.17, 15) is 38.4 Å². The molecule has 5 aromatic carbocycles. The molecule has 17 heteroatoms. The second kappa shape index (κ2) is 26.2. The van der Waals surface area contributed by atoms with Gasteiger partial charge in [0.25, 0.3) is 0 Å². The molecule has 0 spiro atoms. The van der Waals surface area contributed by atoms with Crippen molar-refractivity contribution in [3.8, 4) is 0 Å². The molecule has 0 radical (unpaired) electrons. The highest BCUT2D eigenvalue weighted by Gasteiger charge is 2.45. The van der Waals surface area contributed by atoms with E-state index in [0.717, 1.165) is 11.1 Å². The van der Waals surface area contributed by atoms with Gasteiger partial charge in [-0.25, -0.2) is 0 Å². The van der Waals surface area contributed by atoms with Crippen LogP contribution in [0.3, 0.4) is 0 Å². The summed E-state index contributed by atoms with van der Waals surface area (Å²) in [6, 6.07) is 34.5. The van der Waals surface area contributed by atoms with Gasteiger partial charge in [0.1, 0.15) is 24.2 Å². The van der Waals surface area contributed by atoms with Crippen LogP contribution in [0.2, 0.25) is 0 Å². The van der Waals surface area contributed by atoms with Crippen LogP contribution in [0.1, 0.15) is 121 Å². The van der Waals surface area contributed by atoms with Crippen molar-refractivity contribution in [3.05, 3.63) is 173 Å². The SMILES string of the molecule is CN[C@@H](C)C(=O)N[C@H](C(=O)N1C[C@@H](CC(=O)c2cc(N)cc(C(=O)C[C@H]3C[C@@H](C(=O)N[C@H](C)c4ccccc4)N(C(=O)[C@@H](NC(=O)[C@H](C)NC)c4ccccc4)C3)c2)C[C@H]1C(=O)N[C@H](C)c1ccccc1)c1ccccc1. The highest BCUT2D eigenvalue weighted by Crippen LogP contribution is 2.34. The van der Waals surface area contributed by atoms with Crippen molar-refractivity contribution in [2.45, 2.75) is 102 Å². The van der Waals surface area contributed by atoms with Crippen LogP contribution in [-0.4, -0.2) is 108 Å². The Hall–Kier alpha value is -8.02. The lowest BCUT2D eigenvalue weighted by Gasteiger charge is -2.30. The Labute approximate surface area is 450 Å². The van der Waals surface area contributed by atoms with Gasteiger partial charge in [0.05, 0.1) is 24.2 Å². The number of hydrogen-bond acceptors (Lipinski definition) is 11. The predicted octanol–water partition coefficient (Wildman–Crippen LogP) is 5.53. The number of nitrogens with zero attached hydrogens (tertiary/aromatic N) is 2. The third kappa shape index (κ3) is 14.3. The number of ketones is 2. The number of likely N-dealkylation sites (tertiary alicyclic amines) is 2. The largest absolute Gasteiger partial charge is 0.399 e. The fourth-order valence-corrected chi connectivity index (χ4v) is 10.1. The van der Waals surface area contributed by atoms with Gasteiger partial charge in [0, 0.05) is 42.7 Å². The number of anilines is 1. The first-order valence-electron chi connectivity index (χ1n) is 26.3. The van der Waals surface area contributed by atoms with Gasteiger partial charge in [-0.1, -0.05) is 121 Å². The molecule has 77 heavy (non-hydrogen) atoms. The van der Waals surface area contributed by atoms with Crippen molar-refractivity contribution in [1.29, 1.82) is 0 Å². The molecular weight excluding hydrogens is 975 g/mol. The second-order valence-electron chi connectivity index (χ2n) is 20.3. The molecule has 10 atom stereocenters. The third-order valence-electron chi connectivity index (χ3n) is 14.8. The zero-order valence-corrected chi connectivity index (χ0v) is 44.5. The third-order valence-corrected chi connectivity index (χ3v) is 14.8. The average molecular weight is 1050 g/mol. The van der Waals surface area contributed by atoms with Crippen LogP contribution < -0.4 is 37.6 Å². The van der Waals surface area contributed by atoms with E-state index in [1.54, 1.807) is 88.6 Å². The molecule has 7 rings (SSSR count). The Kier molecular flexibility index (Phi) is 19.3. The first-order chi connectivity index (χ1) is 37.0. The van der Waals surface area contributed by atoms with E-state index in [1.165, 1.54) is 28.0 Å². The number of nitrogens with one attached hydrogen (secondary N) is 6. The summed E-state index contributed by atoms with van der Waals surface area (Å²) < 4.78 is 0. The number of nitrogens with two attached hydrogens (primary N) is 1. The monoisotopic (exact) mass is 1050 g/mol. The molecule has 0 aromatic heterocycles. The summed E-state index contributed by atoms with van der Waals surface area (Å²) in [7, 11) is 3.27. The van der Waals surface area contributed by atoms with Gasteiger partial charge in [-0.05, 0) is 107 Å². The lowest BCUT2D eigenvalue weighted by atomic mass is 9.92. The van der Waals surface area contributed by atoms with Crippen LogP contribution in [0.4, 0.5) is 5.69 Å². The summed E-state index contributed by atoms with van der Waals surface area (Å²) in [5.41, 5.74) is 9.68. The van der Waals surface area contributed by atoms with Crippen molar-refractivity contribution in [3.63, 3.8) is 0 Å². The topological polar surface area (TPSA) is 241 Å². The zero-order chi connectivity index (χ0) is 55.3. The van der Waals surface area contributed by atoms with Crippen LogP contribution in [-0.2, 0) is 28.8 Å². The summed E-state index contributed by atoms with van der Waals surface area (Å²) in [5, 5.41) is 17.7. The molecule has 2 saturated heterocycles. The second-order valence-corrected chi connectivity index (χ2v) is 20.3. The predicted molar refractivity (Wildman–Crippen MR) is 294 cm³/mol. The first-order valence-corrected chi connectivity index (χ1v) is 26.3. The highest BCUT2D eigenvalue weighted by atomic mass is 16.2. The Morgan fingerprint density at radius 1 is 0.481 bits per heavy atom. The number of Topliss-reactive ketones (excluding diaryl/α,β-unsaturated/α-hetero) is 2. The molecule has 404 valence electrons. The molecule has 2 fully saturated rings. The van der Waals surface area contributed by atoms with Gasteiger partial charge in [-0.15, -0.1) is 0 Å². The molecule has 8 N–H and O–H groups in total. The van der Waals surface area contributed by atoms with E-state index in [4.69, 9.17) is 5.73 Å². The zero-order valence-electron chi connectivity index (χ0n) is 44.5.